The Bertz CT molecular complexity index is 883. The van der Waals surface area contributed by atoms with Crippen LogP contribution in [0.3, 0.4) is 0 Å². The van der Waals surface area contributed by atoms with Crippen molar-refractivity contribution < 1.29 is 9.18 Å². The molecule has 4 nitrogen and oxygen atoms in total. The van der Waals surface area contributed by atoms with Crippen LogP contribution in [0.2, 0.25) is 0 Å². The minimum absolute atomic E-state index is 0.225. The highest BCUT2D eigenvalue weighted by Crippen LogP contribution is 2.22. The van der Waals surface area contributed by atoms with Crippen molar-refractivity contribution in [2.24, 2.45) is 0 Å². The van der Waals surface area contributed by atoms with Gasteiger partial charge in [0, 0.05) is 25.5 Å². The number of rotatable bonds is 6. The van der Waals surface area contributed by atoms with Gasteiger partial charge < -0.3 is 10.2 Å². The lowest BCUT2D eigenvalue weighted by Crippen LogP contribution is -2.26. The number of nitrogens with zero attached hydrogens (tertiary/aromatic N) is 2. The van der Waals surface area contributed by atoms with Gasteiger partial charge >= 0.3 is 0 Å². The van der Waals surface area contributed by atoms with E-state index in [4.69, 9.17) is 0 Å². The number of hydrogen-bond donors (Lipinski definition) is 1. The van der Waals surface area contributed by atoms with E-state index in [1.165, 1.54) is 12.3 Å². The summed E-state index contributed by atoms with van der Waals surface area (Å²) in [7, 11) is 1.92. The fourth-order valence-electron chi connectivity index (χ4n) is 2.65. The first kappa shape index (κ1) is 17.6. The van der Waals surface area contributed by atoms with Gasteiger partial charge in [0.05, 0.1) is 17.4 Å². The number of nitrogens with one attached hydrogen (secondary N) is 1. The molecule has 0 bridgehead atoms. The highest BCUT2D eigenvalue weighted by Gasteiger charge is 2.10. The molecule has 0 atom stereocenters. The predicted octanol–water partition coefficient (Wildman–Crippen LogP) is 3.96. The van der Waals surface area contributed by atoms with Crippen molar-refractivity contribution in [1.29, 1.82) is 0 Å². The van der Waals surface area contributed by atoms with E-state index in [1.807, 2.05) is 42.3 Å². The van der Waals surface area contributed by atoms with Crippen molar-refractivity contribution in [3.63, 3.8) is 0 Å². The number of amides is 1. The molecule has 1 N–H and O–H groups in total. The van der Waals surface area contributed by atoms with Gasteiger partial charge in [-0.2, -0.15) is 0 Å². The highest BCUT2D eigenvalue weighted by molar-refractivity contribution is 5.94. The van der Waals surface area contributed by atoms with E-state index in [1.54, 1.807) is 30.5 Å². The molecule has 0 radical (unpaired) electrons. The summed E-state index contributed by atoms with van der Waals surface area (Å²) in [6, 6.07) is 18.2. The smallest absolute Gasteiger partial charge is 0.252 e. The Hall–Kier alpha value is -3.21. The van der Waals surface area contributed by atoms with Gasteiger partial charge in [0.1, 0.15) is 5.82 Å². The van der Waals surface area contributed by atoms with Gasteiger partial charge in [-0.3, -0.25) is 9.78 Å². The summed E-state index contributed by atoms with van der Waals surface area (Å²) < 4.78 is 13.6. The summed E-state index contributed by atoms with van der Waals surface area (Å²) >= 11 is 0. The number of carbonyl (C=O) groups excluding carboxylic acids is 1. The Labute approximate surface area is 152 Å². The molecule has 1 aromatic heterocycles. The number of carbonyl (C=O) groups is 1. The third-order valence-electron chi connectivity index (χ3n) is 4.15. The van der Waals surface area contributed by atoms with Gasteiger partial charge in [-0.1, -0.05) is 36.4 Å². The number of hydrogen-bond acceptors (Lipinski definition) is 3. The van der Waals surface area contributed by atoms with Gasteiger partial charge in [-0.15, -0.1) is 0 Å². The zero-order valence-electron chi connectivity index (χ0n) is 14.5. The Morgan fingerprint density at radius 1 is 1.04 bits per heavy atom. The van der Waals surface area contributed by atoms with E-state index < -0.39 is 0 Å². The van der Waals surface area contributed by atoms with E-state index in [9.17, 15) is 9.18 Å². The third-order valence-corrected chi connectivity index (χ3v) is 4.15. The molecule has 3 aromatic rings. The summed E-state index contributed by atoms with van der Waals surface area (Å²) in [6.07, 6.45) is 3.68. The van der Waals surface area contributed by atoms with E-state index in [-0.39, 0.29) is 11.7 Å². The lowest BCUT2D eigenvalue weighted by Gasteiger charge is -2.19. The fourth-order valence-corrected chi connectivity index (χ4v) is 2.65. The Morgan fingerprint density at radius 3 is 2.54 bits per heavy atom. The van der Waals surface area contributed by atoms with Gasteiger partial charge in [-0.05, 0) is 36.2 Å². The van der Waals surface area contributed by atoms with Crippen molar-refractivity contribution >= 4 is 17.3 Å². The standard InChI is InChI=1S/C21H20FN3O/c1-25(18-8-3-2-4-9-18)19-13-17(14-23-15-19)21(26)24-12-11-16-7-5-6-10-20(16)22/h2-10,13-15H,11-12H2,1H3,(H,24,26). The van der Waals surface area contributed by atoms with Crippen molar-refractivity contribution in [3.8, 4) is 0 Å². The largest absolute Gasteiger partial charge is 0.352 e. The number of para-hydroxylation sites is 1. The van der Waals surface area contributed by atoms with Crippen LogP contribution in [0.4, 0.5) is 15.8 Å². The molecular weight excluding hydrogens is 329 g/mol. The zero-order valence-corrected chi connectivity index (χ0v) is 14.5. The summed E-state index contributed by atoms with van der Waals surface area (Å²) in [5.41, 5.74) is 2.88. The van der Waals surface area contributed by atoms with Gasteiger partial charge in [-0.25, -0.2) is 4.39 Å². The predicted molar refractivity (Wildman–Crippen MR) is 101 cm³/mol. The van der Waals surface area contributed by atoms with Crippen molar-refractivity contribution in [2.75, 3.05) is 18.5 Å². The fraction of sp³-hybridized carbons (Fsp3) is 0.143. The molecule has 0 aliphatic heterocycles. The molecule has 5 heteroatoms. The van der Waals surface area contributed by atoms with E-state index in [2.05, 4.69) is 10.3 Å². The molecule has 132 valence electrons. The van der Waals surface area contributed by atoms with Crippen LogP contribution >= 0.6 is 0 Å². The second-order valence-electron chi connectivity index (χ2n) is 5.92. The first-order valence-corrected chi connectivity index (χ1v) is 8.40. The molecule has 0 spiro atoms. The summed E-state index contributed by atoms with van der Waals surface area (Å²) in [5.74, 6) is -0.480. The number of benzene rings is 2. The van der Waals surface area contributed by atoms with E-state index in [0.717, 1.165) is 11.4 Å². The number of pyridine rings is 1. The van der Waals surface area contributed by atoms with Crippen LogP contribution < -0.4 is 10.2 Å². The first-order valence-electron chi connectivity index (χ1n) is 8.40. The molecule has 26 heavy (non-hydrogen) atoms. The molecule has 0 aliphatic carbocycles. The molecule has 0 aliphatic rings. The van der Waals surface area contributed by atoms with Crippen molar-refractivity contribution in [3.05, 3.63) is 90.0 Å². The molecule has 3 rings (SSSR count). The molecule has 0 fully saturated rings. The topological polar surface area (TPSA) is 45.2 Å². The van der Waals surface area contributed by atoms with E-state index in [0.29, 0.717) is 24.1 Å². The van der Waals surface area contributed by atoms with Gasteiger partial charge in [0.15, 0.2) is 0 Å². The Morgan fingerprint density at radius 2 is 1.77 bits per heavy atom. The van der Waals surface area contributed by atoms with Crippen molar-refractivity contribution in [2.45, 2.75) is 6.42 Å². The Balaban J connectivity index is 1.64. The van der Waals surface area contributed by atoms with Crippen LogP contribution in [-0.2, 0) is 6.42 Å². The first-order chi connectivity index (χ1) is 12.6. The maximum absolute atomic E-state index is 13.6. The van der Waals surface area contributed by atoms with Crippen LogP contribution in [0.5, 0.6) is 0 Å². The van der Waals surface area contributed by atoms with Crippen LogP contribution in [0.25, 0.3) is 0 Å². The average molecular weight is 349 g/mol. The lowest BCUT2D eigenvalue weighted by atomic mass is 10.1. The molecule has 0 saturated carbocycles. The molecular formula is C21H20FN3O. The van der Waals surface area contributed by atoms with Crippen LogP contribution in [0.1, 0.15) is 15.9 Å². The van der Waals surface area contributed by atoms with Crippen molar-refractivity contribution in [1.82, 2.24) is 10.3 Å². The number of aromatic nitrogens is 1. The molecule has 2 aromatic carbocycles. The summed E-state index contributed by atoms with van der Waals surface area (Å²) in [5, 5.41) is 2.82. The summed E-state index contributed by atoms with van der Waals surface area (Å²) in [6.45, 7) is 0.360. The second-order valence-corrected chi connectivity index (χ2v) is 5.92. The SMILES string of the molecule is CN(c1ccccc1)c1cncc(C(=O)NCCc2ccccc2F)c1. The maximum Gasteiger partial charge on any atom is 0.252 e. The Kier molecular flexibility index (Phi) is 5.59. The lowest BCUT2D eigenvalue weighted by molar-refractivity contribution is 0.0953. The normalized spacial score (nSPS) is 10.4. The molecule has 1 amide bonds. The summed E-state index contributed by atoms with van der Waals surface area (Å²) in [4.78, 5) is 18.5. The van der Waals surface area contributed by atoms with Gasteiger partial charge in [0.2, 0.25) is 0 Å². The maximum atomic E-state index is 13.6. The van der Waals surface area contributed by atoms with Crippen LogP contribution in [0.15, 0.2) is 73.1 Å². The zero-order chi connectivity index (χ0) is 18.4. The van der Waals surface area contributed by atoms with Crippen LogP contribution in [0, 0.1) is 5.82 Å². The monoisotopic (exact) mass is 349 g/mol. The highest BCUT2D eigenvalue weighted by atomic mass is 19.1. The minimum Gasteiger partial charge on any atom is -0.352 e. The molecule has 0 unspecified atom stereocenters. The molecule has 0 saturated heterocycles. The van der Waals surface area contributed by atoms with Gasteiger partial charge in [0.25, 0.3) is 5.91 Å². The average Bonchev–Trinajstić information content (AvgIpc) is 2.69. The van der Waals surface area contributed by atoms with Crippen LogP contribution in [-0.4, -0.2) is 24.5 Å². The number of halogens is 1. The molecule has 1 heterocycles. The number of anilines is 2. The quantitative estimate of drug-likeness (QED) is 0.733. The van der Waals surface area contributed by atoms with E-state index >= 15 is 0 Å². The second kappa shape index (κ2) is 8.25. The minimum atomic E-state index is -0.255. The third kappa shape index (κ3) is 4.25.